The normalized spacial score (nSPS) is 25.1. The van der Waals surface area contributed by atoms with Crippen molar-refractivity contribution >= 4 is 11.8 Å². The third-order valence-electron chi connectivity index (χ3n) is 6.27. The van der Waals surface area contributed by atoms with Gasteiger partial charge in [-0.15, -0.1) is 0 Å². The number of likely N-dealkylation sites (tertiary alicyclic amines) is 1. The fraction of sp³-hybridized carbons (Fsp3) is 0.800. The number of H-pyrrole nitrogens is 1. The molecule has 1 aromatic rings. The standard InChI is InChI=1S/C20H34N6O2/c1-16-13-19(23-22-16)25-7-4-18(5-8-25)21-20(27)26-6-2-3-17(15-26)14-24-9-11-28-12-10-24/h13,17-18H,2-12,14-15H2,1H3,(H,21,27)(H,22,23)/t17-/m1/s1. The number of hydrogen-bond donors (Lipinski definition) is 2. The summed E-state index contributed by atoms with van der Waals surface area (Å²) in [6.45, 7) is 10.5. The van der Waals surface area contributed by atoms with Crippen molar-refractivity contribution in [1.82, 2.24) is 25.3 Å². The molecule has 1 atom stereocenters. The van der Waals surface area contributed by atoms with Gasteiger partial charge in [-0.2, -0.15) is 5.10 Å². The van der Waals surface area contributed by atoms with Crippen molar-refractivity contribution in [2.45, 2.75) is 38.6 Å². The molecule has 2 N–H and O–H groups in total. The lowest BCUT2D eigenvalue weighted by Gasteiger charge is -2.38. The Kier molecular flexibility index (Phi) is 6.36. The number of carbonyl (C=O) groups is 1. The predicted molar refractivity (Wildman–Crippen MR) is 109 cm³/mol. The molecule has 3 fully saturated rings. The molecule has 3 saturated heterocycles. The quantitative estimate of drug-likeness (QED) is 0.814. The minimum absolute atomic E-state index is 0.126. The number of rotatable bonds is 4. The van der Waals surface area contributed by atoms with Gasteiger partial charge in [0.05, 0.1) is 13.2 Å². The zero-order chi connectivity index (χ0) is 19.3. The average molecular weight is 391 g/mol. The first-order valence-corrected chi connectivity index (χ1v) is 10.8. The van der Waals surface area contributed by atoms with Gasteiger partial charge in [-0.25, -0.2) is 4.79 Å². The summed E-state index contributed by atoms with van der Waals surface area (Å²) >= 11 is 0. The molecule has 0 aliphatic carbocycles. The fourth-order valence-corrected chi connectivity index (χ4v) is 4.63. The Balaban J connectivity index is 1.21. The highest BCUT2D eigenvalue weighted by Crippen LogP contribution is 2.21. The Morgan fingerprint density at radius 3 is 2.71 bits per heavy atom. The number of aromatic amines is 1. The third kappa shape index (κ3) is 4.97. The first kappa shape index (κ1) is 19.5. The zero-order valence-corrected chi connectivity index (χ0v) is 17.0. The van der Waals surface area contributed by atoms with Crippen LogP contribution in [0, 0.1) is 12.8 Å². The van der Waals surface area contributed by atoms with Crippen LogP contribution in [0.1, 0.15) is 31.4 Å². The second-order valence-corrected chi connectivity index (χ2v) is 8.49. The van der Waals surface area contributed by atoms with E-state index in [0.717, 1.165) is 89.8 Å². The highest BCUT2D eigenvalue weighted by atomic mass is 16.5. The minimum atomic E-state index is 0.126. The number of nitrogens with zero attached hydrogens (tertiary/aromatic N) is 4. The first-order valence-electron chi connectivity index (χ1n) is 10.8. The van der Waals surface area contributed by atoms with Crippen molar-refractivity contribution in [2.24, 2.45) is 5.92 Å². The van der Waals surface area contributed by atoms with Gasteiger partial charge in [0.2, 0.25) is 0 Å². The number of aromatic nitrogens is 2. The van der Waals surface area contributed by atoms with E-state index in [9.17, 15) is 4.79 Å². The molecule has 3 aliphatic rings. The summed E-state index contributed by atoms with van der Waals surface area (Å²) < 4.78 is 5.44. The molecule has 0 radical (unpaired) electrons. The maximum Gasteiger partial charge on any atom is 0.317 e. The topological polar surface area (TPSA) is 76.7 Å². The van der Waals surface area contributed by atoms with E-state index in [0.29, 0.717) is 5.92 Å². The van der Waals surface area contributed by atoms with Crippen LogP contribution < -0.4 is 10.2 Å². The summed E-state index contributed by atoms with van der Waals surface area (Å²) in [6, 6.07) is 2.48. The largest absolute Gasteiger partial charge is 0.379 e. The molecule has 1 aromatic heterocycles. The number of anilines is 1. The highest BCUT2D eigenvalue weighted by molar-refractivity contribution is 5.74. The summed E-state index contributed by atoms with van der Waals surface area (Å²) in [5.41, 5.74) is 1.09. The van der Waals surface area contributed by atoms with Crippen LogP contribution in [0.5, 0.6) is 0 Å². The van der Waals surface area contributed by atoms with Gasteiger partial charge < -0.3 is 19.9 Å². The van der Waals surface area contributed by atoms with Crippen molar-refractivity contribution in [3.8, 4) is 0 Å². The van der Waals surface area contributed by atoms with Crippen LogP contribution in [-0.4, -0.2) is 91.1 Å². The van der Waals surface area contributed by atoms with Gasteiger partial charge >= 0.3 is 6.03 Å². The zero-order valence-electron chi connectivity index (χ0n) is 17.0. The number of piperidine rings is 2. The highest BCUT2D eigenvalue weighted by Gasteiger charge is 2.28. The van der Waals surface area contributed by atoms with Crippen molar-refractivity contribution < 1.29 is 9.53 Å². The number of carbonyl (C=O) groups excluding carboxylic acids is 1. The fourth-order valence-electron chi connectivity index (χ4n) is 4.63. The van der Waals surface area contributed by atoms with E-state index >= 15 is 0 Å². The number of ether oxygens (including phenoxy) is 1. The number of amides is 2. The van der Waals surface area contributed by atoms with Crippen LogP contribution in [0.3, 0.4) is 0 Å². The van der Waals surface area contributed by atoms with Crippen LogP contribution in [0.15, 0.2) is 6.07 Å². The molecule has 156 valence electrons. The van der Waals surface area contributed by atoms with Gasteiger partial charge in [-0.3, -0.25) is 10.00 Å². The summed E-state index contributed by atoms with van der Waals surface area (Å²) in [6.07, 6.45) is 4.29. The van der Waals surface area contributed by atoms with Gasteiger partial charge in [0.1, 0.15) is 0 Å². The van der Waals surface area contributed by atoms with E-state index < -0.39 is 0 Å². The van der Waals surface area contributed by atoms with Crippen molar-refractivity contribution in [3.63, 3.8) is 0 Å². The molecular formula is C20H34N6O2. The lowest BCUT2D eigenvalue weighted by atomic mass is 9.97. The molecule has 2 amide bonds. The van der Waals surface area contributed by atoms with Gasteiger partial charge in [-0.05, 0) is 38.5 Å². The number of morpholine rings is 1. The van der Waals surface area contributed by atoms with Crippen LogP contribution in [0.2, 0.25) is 0 Å². The van der Waals surface area contributed by atoms with Crippen molar-refractivity contribution in [1.29, 1.82) is 0 Å². The molecule has 0 aromatic carbocycles. The van der Waals surface area contributed by atoms with Crippen LogP contribution in [0.4, 0.5) is 10.6 Å². The maximum atomic E-state index is 12.8. The summed E-state index contributed by atoms with van der Waals surface area (Å²) in [7, 11) is 0. The van der Waals surface area contributed by atoms with Gasteiger partial charge in [0.25, 0.3) is 0 Å². The van der Waals surface area contributed by atoms with Gasteiger partial charge in [-0.1, -0.05) is 0 Å². The molecular weight excluding hydrogens is 356 g/mol. The summed E-state index contributed by atoms with van der Waals surface area (Å²) in [4.78, 5) is 19.6. The van der Waals surface area contributed by atoms with E-state index in [1.54, 1.807) is 0 Å². The Labute approximate surface area is 167 Å². The average Bonchev–Trinajstić information content (AvgIpc) is 3.16. The molecule has 3 aliphatic heterocycles. The molecule has 0 spiro atoms. The van der Waals surface area contributed by atoms with Crippen LogP contribution in [0.25, 0.3) is 0 Å². The first-order chi connectivity index (χ1) is 13.7. The van der Waals surface area contributed by atoms with E-state index in [1.807, 2.05) is 11.8 Å². The summed E-state index contributed by atoms with van der Waals surface area (Å²) in [5, 5.41) is 10.6. The molecule has 0 saturated carbocycles. The SMILES string of the molecule is Cc1cc(N2CCC(NC(=O)N3CCC[C@H](CN4CCOCC4)C3)CC2)n[nH]1. The molecule has 8 heteroatoms. The number of urea groups is 1. The van der Waals surface area contributed by atoms with E-state index in [-0.39, 0.29) is 12.1 Å². The Morgan fingerprint density at radius 2 is 2.00 bits per heavy atom. The molecule has 0 unspecified atom stereocenters. The number of nitrogens with one attached hydrogen (secondary N) is 2. The number of aryl methyl sites for hydroxylation is 1. The molecule has 8 nitrogen and oxygen atoms in total. The summed E-state index contributed by atoms with van der Waals surface area (Å²) in [5.74, 6) is 1.60. The molecule has 4 rings (SSSR count). The second-order valence-electron chi connectivity index (χ2n) is 8.49. The van der Waals surface area contributed by atoms with Crippen LogP contribution >= 0.6 is 0 Å². The Bertz CT molecular complexity index is 636. The maximum absolute atomic E-state index is 12.8. The monoisotopic (exact) mass is 390 g/mol. The Hall–Kier alpha value is -1.80. The third-order valence-corrected chi connectivity index (χ3v) is 6.27. The number of hydrogen-bond acceptors (Lipinski definition) is 5. The van der Waals surface area contributed by atoms with E-state index in [4.69, 9.17) is 4.74 Å². The minimum Gasteiger partial charge on any atom is -0.379 e. The molecule has 4 heterocycles. The predicted octanol–water partition coefficient (Wildman–Crippen LogP) is 1.44. The van der Waals surface area contributed by atoms with Crippen LogP contribution in [-0.2, 0) is 4.74 Å². The van der Waals surface area contributed by atoms with Crippen molar-refractivity contribution in [2.75, 3.05) is 63.9 Å². The smallest absolute Gasteiger partial charge is 0.317 e. The lowest BCUT2D eigenvalue weighted by molar-refractivity contribution is 0.0248. The molecule has 0 bridgehead atoms. The Morgan fingerprint density at radius 1 is 1.21 bits per heavy atom. The van der Waals surface area contributed by atoms with Crippen molar-refractivity contribution in [3.05, 3.63) is 11.8 Å². The van der Waals surface area contributed by atoms with Gasteiger partial charge in [0.15, 0.2) is 5.82 Å². The second kappa shape index (κ2) is 9.13. The van der Waals surface area contributed by atoms with E-state index in [1.165, 1.54) is 6.42 Å². The van der Waals surface area contributed by atoms with E-state index in [2.05, 4.69) is 31.4 Å². The molecule has 28 heavy (non-hydrogen) atoms. The van der Waals surface area contributed by atoms with Gasteiger partial charge in [0, 0.05) is 63.6 Å². The lowest BCUT2D eigenvalue weighted by Crippen LogP contribution is -2.52.